The SMILES string of the molecule is CCSCCC(C)NCC(=O)Nc1ccc(OC)cc1. The normalized spacial score (nSPS) is 11.9. The van der Waals surface area contributed by atoms with Crippen LogP contribution in [0.2, 0.25) is 0 Å². The number of hydrogen-bond donors (Lipinski definition) is 2. The number of nitrogens with one attached hydrogen (secondary N) is 2. The molecule has 0 aromatic heterocycles. The van der Waals surface area contributed by atoms with Crippen LogP contribution < -0.4 is 15.4 Å². The molecule has 1 unspecified atom stereocenters. The predicted molar refractivity (Wildman–Crippen MR) is 86.7 cm³/mol. The second-order valence-corrected chi connectivity index (χ2v) is 5.94. The van der Waals surface area contributed by atoms with E-state index in [1.807, 2.05) is 36.0 Å². The van der Waals surface area contributed by atoms with Gasteiger partial charge in [-0.05, 0) is 49.1 Å². The molecule has 1 amide bonds. The van der Waals surface area contributed by atoms with Gasteiger partial charge in [0.1, 0.15) is 5.75 Å². The lowest BCUT2D eigenvalue weighted by atomic mass is 10.2. The van der Waals surface area contributed by atoms with E-state index in [-0.39, 0.29) is 5.91 Å². The lowest BCUT2D eigenvalue weighted by molar-refractivity contribution is -0.115. The first-order valence-electron chi connectivity index (χ1n) is 6.90. The van der Waals surface area contributed by atoms with E-state index in [1.165, 1.54) is 0 Å². The molecule has 0 saturated carbocycles. The third kappa shape index (κ3) is 6.82. The second-order valence-electron chi connectivity index (χ2n) is 4.54. The average molecular weight is 296 g/mol. The third-order valence-corrected chi connectivity index (χ3v) is 3.82. The van der Waals surface area contributed by atoms with Gasteiger partial charge in [0.05, 0.1) is 13.7 Å². The maximum atomic E-state index is 11.8. The first-order chi connectivity index (χ1) is 9.65. The number of amides is 1. The summed E-state index contributed by atoms with van der Waals surface area (Å²) >= 11 is 1.92. The zero-order valence-corrected chi connectivity index (χ0v) is 13.3. The summed E-state index contributed by atoms with van der Waals surface area (Å²) in [4.78, 5) is 11.8. The summed E-state index contributed by atoms with van der Waals surface area (Å²) < 4.78 is 5.07. The van der Waals surface area contributed by atoms with Crippen LogP contribution in [-0.4, -0.2) is 37.1 Å². The van der Waals surface area contributed by atoms with E-state index in [0.717, 1.165) is 29.4 Å². The van der Waals surface area contributed by atoms with E-state index in [4.69, 9.17) is 4.74 Å². The van der Waals surface area contributed by atoms with Crippen molar-refractivity contribution in [2.45, 2.75) is 26.3 Å². The zero-order valence-electron chi connectivity index (χ0n) is 12.4. The van der Waals surface area contributed by atoms with Crippen molar-refractivity contribution in [1.29, 1.82) is 0 Å². The Morgan fingerprint density at radius 2 is 2.05 bits per heavy atom. The van der Waals surface area contributed by atoms with Crippen LogP contribution in [0.25, 0.3) is 0 Å². The summed E-state index contributed by atoms with van der Waals surface area (Å²) in [7, 11) is 1.62. The van der Waals surface area contributed by atoms with Crippen molar-refractivity contribution < 1.29 is 9.53 Å². The molecule has 0 saturated heterocycles. The Bertz CT molecular complexity index is 395. The molecule has 0 radical (unpaired) electrons. The minimum Gasteiger partial charge on any atom is -0.497 e. The van der Waals surface area contributed by atoms with Crippen LogP contribution >= 0.6 is 11.8 Å². The summed E-state index contributed by atoms with van der Waals surface area (Å²) in [6.45, 7) is 4.60. The molecular weight excluding hydrogens is 272 g/mol. The van der Waals surface area contributed by atoms with Crippen molar-refractivity contribution in [1.82, 2.24) is 5.32 Å². The Labute approximate surface area is 125 Å². The number of benzene rings is 1. The van der Waals surface area contributed by atoms with Crippen LogP contribution in [-0.2, 0) is 4.79 Å². The van der Waals surface area contributed by atoms with E-state index in [1.54, 1.807) is 7.11 Å². The first kappa shape index (κ1) is 16.9. The summed E-state index contributed by atoms with van der Waals surface area (Å²) in [5.74, 6) is 3.03. The van der Waals surface area contributed by atoms with Gasteiger partial charge < -0.3 is 15.4 Å². The fourth-order valence-electron chi connectivity index (χ4n) is 1.65. The quantitative estimate of drug-likeness (QED) is 0.688. The molecule has 5 heteroatoms. The van der Waals surface area contributed by atoms with Crippen LogP contribution in [0.1, 0.15) is 20.3 Å². The van der Waals surface area contributed by atoms with Crippen LogP contribution in [0.4, 0.5) is 5.69 Å². The van der Waals surface area contributed by atoms with E-state index in [2.05, 4.69) is 24.5 Å². The predicted octanol–water partition coefficient (Wildman–Crippen LogP) is 2.76. The fraction of sp³-hybridized carbons (Fsp3) is 0.533. The van der Waals surface area contributed by atoms with Crippen molar-refractivity contribution in [2.24, 2.45) is 0 Å². The highest BCUT2D eigenvalue weighted by molar-refractivity contribution is 7.99. The number of thioether (sulfide) groups is 1. The highest BCUT2D eigenvalue weighted by Crippen LogP contribution is 2.14. The fourth-order valence-corrected chi connectivity index (χ4v) is 2.46. The number of hydrogen-bond acceptors (Lipinski definition) is 4. The number of carbonyl (C=O) groups is 1. The molecule has 2 N–H and O–H groups in total. The molecule has 0 spiro atoms. The molecule has 112 valence electrons. The third-order valence-electron chi connectivity index (χ3n) is 2.88. The lowest BCUT2D eigenvalue weighted by Crippen LogP contribution is -2.34. The molecule has 1 atom stereocenters. The van der Waals surface area contributed by atoms with Gasteiger partial charge in [-0.2, -0.15) is 11.8 Å². The second kappa shape index (κ2) is 9.66. The Kier molecular flexibility index (Phi) is 8.14. The first-order valence-corrected chi connectivity index (χ1v) is 8.06. The van der Waals surface area contributed by atoms with Crippen molar-refractivity contribution in [3.8, 4) is 5.75 Å². The van der Waals surface area contributed by atoms with E-state index in [9.17, 15) is 4.79 Å². The maximum Gasteiger partial charge on any atom is 0.238 e. The molecule has 1 aromatic carbocycles. The summed E-state index contributed by atoms with van der Waals surface area (Å²) in [5.41, 5.74) is 0.784. The lowest BCUT2D eigenvalue weighted by Gasteiger charge is -2.13. The Morgan fingerprint density at radius 1 is 1.35 bits per heavy atom. The molecule has 4 nitrogen and oxygen atoms in total. The molecule has 0 bridgehead atoms. The van der Waals surface area contributed by atoms with Gasteiger partial charge in [0, 0.05) is 11.7 Å². The standard InChI is InChI=1S/C15H24N2O2S/c1-4-20-10-9-12(2)16-11-15(18)17-13-5-7-14(19-3)8-6-13/h5-8,12,16H,4,9-11H2,1-3H3,(H,17,18). The van der Waals surface area contributed by atoms with Gasteiger partial charge in [0.2, 0.25) is 5.91 Å². The van der Waals surface area contributed by atoms with Gasteiger partial charge in [-0.25, -0.2) is 0 Å². The molecule has 0 heterocycles. The highest BCUT2D eigenvalue weighted by Gasteiger charge is 2.06. The zero-order chi connectivity index (χ0) is 14.8. The number of methoxy groups -OCH3 is 1. The number of rotatable bonds is 9. The molecular formula is C15H24N2O2S. The molecule has 0 fully saturated rings. The average Bonchev–Trinajstić information content (AvgIpc) is 2.46. The number of anilines is 1. The van der Waals surface area contributed by atoms with E-state index < -0.39 is 0 Å². The number of ether oxygens (including phenoxy) is 1. The van der Waals surface area contributed by atoms with Crippen LogP contribution in [0.3, 0.4) is 0 Å². The van der Waals surface area contributed by atoms with Gasteiger partial charge in [-0.3, -0.25) is 4.79 Å². The van der Waals surface area contributed by atoms with Crippen LogP contribution in [0, 0.1) is 0 Å². The summed E-state index contributed by atoms with van der Waals surface area (Å²) in [5, 5.41) is 6.09. The van der Waals surface area contributed by atoms with Gasteiger partial charge in [-0.1, -0.05) is 6.92 Å². The smallest absolute Gasteiger partial charge is 0.238 e. The molecule has 0 aliphatic carbocycles. The highest BCUT2D eigenvalue weighted by atomic mass is 32.2. The van der Waals surface area contributed by atoms with Gasteiger partial charge >= 0.3 is 0 Å². The maximum absolute atomic E-state index is 11.8. The van der Waals surface area contributed by atoms with E-state index in [0.29, 0.717) is 12.6 Å². The molecule has 1 rings (SSSR count). The van der Waals surface area contributed by atoms with Crippen molar-refractivity contribution >= 4 is 23.4 Å². The monoisotopic (exact) mass is 296 g/mol. The Morgan fingerprint density at radius 3 is 2.65 bits per heavy atom. The summed E-state index contributed by atoms with van der Waals surface area (Å²) in [6.07, 6.45) is 1.08. The molecule has 0 aliphatic rings. The summed E-state index contributed by atoms with van der Waals surface area (Å²) in [6, 6.07) is 7.67. The number of carbonyl (C=O) groups excluding carboxylic acids is 1. The van der Waals surface area contributed by atoms with Gasteiger partial charge in [0.15, 0.2) is 0 Å². The molecule has 1 aromatic rings. The van der Waals surface area contributed by atoms with Crippen molar-refractivity contribution in [3.05, 3.63) is 24.3 Å². The minimum atomic E-state index is -0.0230. The van der Waals surface area contributed by atoms with Crippen LogP contribution in [0.15, 0.2) is 24.3 Å². The van der Waals surface area contributed by atoms with Crippen molar-refractivity contribution in [3.63, 3.8) is 0 Å². The molecule has 20 heavy (non-hydrogen) atoms. The van der Waals surface area contributed by atoms with Crippen LogP contribution in [0.5, 0.6) is 5.75 Å². The van der Waals surface area contributed by atoms with E-state index >= 15 is 0 Å². The molecule has 0 aliphatic heterocycles. The minimum absolute atomic E-state index is 0.0230. The Balaban J connectivity index is 2.25. The van der Waals surface area contributed by atoms with Gasteiger partial charge in [-0.15, -0.1) is 0 Å². The topological polar surface area (TPSA) is 50.4 Å². The van der Waals surface area contributed by atoms with Gasteiger partial charge in [0.25, 0.3) is 0 Å². The Hall–Kier alpha value is -1.20. The van der Waals surface area contributed by atoms with Crippen molar-refractivity contribution in [2.75, 3.05) is 30.5 Å². The largest absolute Gasteiger partial charge is 0.497 e.